The molecule has 17 heavy (non-hydrogen) atoms. The molecular formula is C16H25N. The number of hydrogen-bond donors (Lipinski definition) is 0. The molecule has 94 valence electrons. The van der Waals surface area contributed by atoms with Crippen molar-refractivity contribution in [1.82, 2.24) is 4.90 Å². The lowest BCUT2D eigenvalue weighted by molar-refractivity contribution is 0.185. The van der Waals surface area contributed by atoms with Crippen molar-refractivity contribution in [1.29, 1.82) is 0 Å². The lowest BCUT2D eigenvalue weighted by atomic mass is 9.97. The molecule has 0 amide bonds. The number of rotatable bonds is 3. The summed E-state index contributed by atoms with van der Waals surface area (Å²) >= 11 is 0. The Labute approximate surface area is 106 Å². The van der Waals surface area contributed by atoms with Crippen LogP contribution in [-0.2, 0) is 6.54 Å². The summed E-state index contributed by atoms with van der Waals surface area (Å²) in [6.07, 6.45) is 2.73. The number of benzene rings is 1. The Morgan fingerprint density at radius 3 is 2.59 bits per heavy atom. The van der Waals surface area contributed by atoms with Gasteiger partial charge in [0.15, 0.2) is 0 Å². The van der Waals surface area contributed by atoms with Crippen molar-refractivity contribution in [3.63, 3.8) is 0 Å². The van der Waals surface area contributed by atoms with Gasteiger partial charge < -0.3 is 0 Å². The maximum Gasteiger partial charge on any atom is 0.0233 e. The summed E-state index contributed by atoms with van der Waals surface area (Å²) < 4.78 is 0. The monoisotopic (exact) mass is 231 g/mol. The highest BCUT2D eigenvalue weighted by molar-refractivity contribution is 5.25. The first-order chi connectivity index (χ1) is 8.15. The van der Waals surface area contributed by atoms with Crippen molar-refractivity contribution in [3.05, 3.63) is 35.4 Å². The topological polar surface area (TPSA) is 3.24 Å². The van der Waals surface area contributed by atoms with Gasteiger partial charge in [0.1, 0.15) is 0 Å². The fourth-order valence-electron chi connectivity index (χ4n) is 2.53. The van der Waals surface area contributed by atoms with E-state index in [9.17, 15) is 0 Å². The number of piperidine rings is 1. The summed E-state index contributed by atoms with van der Waals surface area (Å²) in [6.45, 7) is 10.6. The highest BCUT2D eigenvalue weighted by Gasteiger charge is 2.15. The van der Waals surface area contributed by atoms with Crippen LogP contribution < -0.4 is 0 Å². The van der Waals surface area contributed by atoms with Crippen molar-refractivity contribution < 1.29 is 0 Å². The maximum atomic E-state index is 2.60. The van der Waals surface area contributed by atoms with Gasteiger partial charge in [-0.05, 0) is 48.9 Å². The minimum Gasteiger partial charge on any atom is -0.299 e. The lowest BCUT2D eigenvalue weighted by Gasteiger charge is -2.30. The van der Waals surface area contributed by atoms with E-state index in [0.717, 1.165) is 12.5 Å². The van der Waals surface area contributed by atoms with Crippen LogP contribution >= 0.6 is 0 Å². The molecule has 0 bridgehead atoms. The Morgan fingerprint density at radius 2 is 1.94 bits per heavy atom. The van der Waals surface area contributed by atoms with Crippen LogP contribution in [0.2, 0.25) is 0 Å². The molecule has 0 atom stereocenters. The van der Waals surface area contributed by atoms with Crippen molar-refractivity contribution in [2.24, 2.45) is 5.92 Å². The summed E-state index contributed by atoms with van der Waals surface area (Å²) in [6, 6.07) is 9.09. The number of hydrogen-bond acceptors (Lipinski definition) is 1. The zero-order chi connectivity index (χ0) is 12.3. The standard InChI is InChI=1S/C16H25N/c1-13(2)16-6-4-5-15(11-16)12-17-9-7-14(3)8-10-17/h4-6,11,13-14H,7-10,12H2,1-3H3. The first-order valence-electron chi connectivity index (χ1n) is 6.96. The molecule has 0 aliphatic carbocycles. The van der Waals surface area contributed by atoms with Gasteiger partial charge in [0.2, 0.25) is 0 Å². The van der Waals surface area contributed by atoms with Gasteiger partial charge in [-0.1, -0.05) is 45.0 Å². The van der Waals surface area contributed by atoms with Gasteiger partial charge in [-0.25, -0.2) is 0 Å². The van der Waals surface area contributed by atoms with Gasteiger partial charge in [0.05, 0.1) is 0 Å². The van der Waals surface area contributed by atoms with Crippen LogP contribution in [0.1, 0.15) is 50.7 Å². The summed E-state index contributed by atoms with van der Waals surface area (Å²) in [5.74, 6) is 1.56. The molecule has 0 saturated carbocycles. The number of nitrogens with zero attached hydrogens (tertiary/aromatic N) is 1. The van der Waals surface area contributed by atoms with E-state index in [1.807, 2.05) is 0 Å². The quantitative estimate of drug-likeness (QED) is 0.759. The molecule has 0 spiro atoms. The maximum absolute atomic E-state index is 2.60. The van der Waals surface area contributed by atoms with Gasteiger partial charge in [0.25, 0.3) is 0 Å². The van der Waals surface area contributed by atoms with Crippen LogP contribution in [0.15, 0.2) is 24.3 Å². The van der Waals surface area contributed by atoms with E-state index in [2.05, 4.69) is 49.9 Å². The predicted octanol–water partition coefficient (Wildman–Crippen LogP) is 4.04. The SMILES string of the molecule is CC1CCN(Cc2cccc(C(C)C)c2)CC1. The van der Waals surface area contributed by atoms with E-state index in [1.54, 1.807) is 0 Å². The second-order valence-corrected chi connectivity index (χ2v) is 5.86. The number of likely N-dealkylation sites (tertiary alicyclic amines) is 1. The van der Waals surface area contributed by atoms with Gasteiger partial charge in [-0.15, -0.1) is 0 Å². The van der Waals surface area contributed by atoms with Gasteiger partial charge >= 0.3 is 0 Å². The van der Waals surface area contributed by atoms with Crippen LogP contribution in [0, 0.1) is 5.92 Å². The highest BCUT2D eigenvalue weighted by atomic mass is 15.1. The van der Waals surface area contributed by atoms with Crippen LogP contribution in [0.25, 0.3) is 0 Å². The molecule has 0 aromatic heterocycles. The van der Waals surface area contributed by atoms with Gasteiger partial charge in [-0.3, -0.25) is 4.90 Å². The molecule has 1 aromatic carbocycles. The van der Waals surface area contributed by atoms with E-state index in [-0.39, 0.29) is 0 Å². The van der Waals surface area contributed by atoms with E-state index >= 15 is 0 Å². The third-order valence-corrected chi connectivity index (χ3v) is 3.90. The predicted molar refractivity (Wildman–Crippen MR) is 74.2 cm³/mol. The molecule has 1 aliphatic heterocycles. The van der Waals surface area contributed by atoms with Crippen LogP contribution in [-0.4, -0.2) is 18.0 Å². The van der Waals surface area contributed by atoms with E-state index in [4.69, 9.17) is 0 Å². The Kier molecular flexibility index (Phi) is 4.22. The van der Waals surface area contributed by atoms with Crippen molar-refractivity contribution in [2.75, 3.05) is 13.1 Å². The molecule has 1 heterocycles. The molecule has 1 heteroatoms. The minimum absolute atomic E-state index is 0.635. The van der Waals surface area contributed by atoms with Gasteiger partial charge in [0, 0.05) is 6.54 Å². The molecule has 1 saturated heterocycles. The van der Waals surface area contributed by atoms with E-state index < -0.39 is 0 Å². The summed E-state index contributed by atoms with van der Waals surface area (Å²) in [5, 5.41) is 0. The van der Waals surface area contributed by atoms with Crippen molar-refractivity contribution in [3.8, 4) is 0 Å². The summed E-state index contributed by atoms with van der Waals surface area (Å²) in [7, 11) is 0. The Hall–Kier alpha value is -0.820. The van der Waals surface area contributed by atoms with Crippen molar-refractivity contribution in [2.45, 2.75) is 46.1 Å². The van der Waals surface area contributed by atoms with Crippen LogP contribution in [0.3, 0.4) is 0 Å². The summed E-state index contributed by atoms with van der Waals surface area (Å²) in [4.78, 5) is 2.60. The second-order valence-electron chi connectivity index (χ2n) is 5.86. The molecule has 1 fully saturated rings. The van der Waals surface area contributed by atoms with E-state index in [1.165, 1.54) is 37.1 Å². The molecule has 2 rings (SSSR count). The van der Waals surface area contributed by atoms with Crippen LogP contribution in [0.4, 0.5) is 0 Å². The lowest BCUT2D eigenvalue weighted by Crippen LogP contribution is -2.32. The average molecular weight is 231 g/mol. The molecular weight excluding hydrogens is 206 g/mol. The first-order valence-corrected chi connectivity index (χ1v) is 6.96. The third-order valence-electron chi connectivity index (χ3n) is 3.90. The third kappa shape index (κ3) is 3.57. The second kappa shape index (κ2) is 5.68. The highest BCUT2D eigenvalue weighted by Crippen LogP contribution is 2.20. The zero-order valence-electron chi connectivity index (χ0n) is 11.4. The summed E-state index contributed by atoms with van der Waals surface area (Å²) in [5.41, 5.74) is 2.94. The Balaban J connectivity index is 1.96. The molecule has 1 nitrogen and oxygen atoms in total. The largest absolute Gasteiger partial charge is 0.299 e. The molecule has 1 aromatic rings. The fraction of sp³-hybridized carbons (Fsp3) is 0.625. The molecule has 1 aliphatic rings. The normalized spacial score (nSPS) is 18.8. The fourth-order valence-corrected chi connectivity index (χ4v) is 2.53. The molecule has 0 unspecified atom stereocenters. The van der Waals surface area contributed by atoms with E-state index in [0.29, 0.717) is 5.92 Å². The van der Waals surface area contributed by atoms with Gasteiger partial charge in [-0.2, -0.15) is 0 Å². The Bertz CT molecular complexity index is 348. The van der Waals surface area contributed by atoms with Crippen LogP contribution in [0.5, 0.6) is 0 Å². The zero-order valence-corrected chi connectivity index (χ0v) is 11.4. The first kappa shape index (κ1) is 12.6. The Morgan fingerprint density at radius 1 is 1.24 bits per heavy atom. The smallest absolute Gasteiger partial charge is 0.0233 e. The molecule has 0 radical (unpaired) electrons. The molecule has 0 N–H and O–H groups in total. The average Bonchev–Trinajstić information content (AvgIpc) is 2.32. The van der Waals surface area contributed by atoms with Crippen molar-refractivity contribution >= 4 is 0 Å². The minimum atomic E-state index is 0.635.